The first-order valence-electron chi connectivity index (χ1n) is 8.45. The Balaban J connectivity index is 1.86. The van der Waals surface area contributed by atoms with Gasteiger partial charge in [-0.2, -0.15) is 0 Å². The van der Waals surface area contributed by atoms with E-state index in [0.29, 0.717) is 11.5 Å². The molecule has 1 saturated carbocycles. The second-order valence-corrected chi connectivity index (χ2v) is 6.97. The molecule has 0 aliphatic heterocycles. The highest BCUT2D eigenvalue weighted by Gasteiger charge is 2.26. The van der Waals surface area contributed by atoms with Crippen molar-refractivity contribution in [2.45, 2.75) is 71.8 Å². The lowest BCUT2D eigenvalue weighted by atomic mass is 9.75. The Hall–Kier alpha value is -0.820. The number of benzene rings is 1. The molecule has 1 heteroatoms. The van der Waals surface area contributed by atoms with Crippen molar-refractivity contribution in [3.05, 3.63) is 35.4 Å². The van der Waals surface area contributed by atoms with Crippen molar-refractivity contribution in [3.63, 3.8) is 0 Å². The van der Waals surface area contributed by atoms with Crippen LogP contribution in [0.4, 0.5) is 0 Å². The van der Waals surface area contributed by atoms with Gasteiger partial charge in [0.2, 0.25) is 0 Å². The van der Waals surface area contributed by atoms with Gasteiger partial charge in [0.05, 0.1) is 0 Å². The summed E-state index contributed by atoms with van der Waals surface area (Å²) >= 11 is 0. The molecule has 20 heavy (non-hydrogen) atoms. The third-order valence-corrected chi connectivity index (χ3v) is 4.91. The number of rotatable bonds is 6. The maximum atomic E-state index is 3.76. The molecule has 1 aromatic rings. The van der Waals surface area contributed by atoms with Crippen molar-refractivity contribution in [2.24, 2.45) is 5.41 Å². The zero-order valence-corrected chi connectivity index (χ0v) is 13.5. The van der Waals surface area contributed by atoms with Gasteiger partial charge >= 0.3 is 0 Å². The van der Waals surface area contributed by atoms with Crippen LogP contribution in [-0.2, 0) is 6.42 Å². The predicted molar refractivity (Wildman–Crippen MR) is 88.0 cm³/mol. The van der Waals surface area contributed by atoms with Crippen LogP contribution in [0.5, 0.6) is 0 Å². The molecule has 0 radical (unpaired) electrons. The smallest absolute Gasteiger partial charge is 0.0292 e. The molecule has 112 valence electrons. The SMILES string of the molecule is CCCc1ccc(C(C)NCC2(C)CCCCC2)cc1. The molecule has 1 aromatic carbocycles. The maximum absolute atomic E-state index is 3.76. The molecule has 1 aliphatic rings. The summed E-state index contributed by atoms with van der Waals surface area (Å²) in [5.41, 5.74) is 3.40. The average molecular weight is 273 g/mol. The summed E-state index contributed by atoms with van der Waals surface area (Å²) < 4.78 is 0. The molecule has 1 atom stereocenters. The van der Waals surface area contributed by atoms with E-state index in [1.165, 1.54) is 56.1 Å². The summed E-state index contributed by atoms with van der Waals surface area (Å²) in [5, 5.41) is 3.76. The van der Waals surface area contributed by atoms with Crippen molar-refractivity contribution >= 4 is 0 Å². The summed E-state index contributed by atoms with van der Waals surface area (Å²) in [6, 6.07) is 9.64. The molecule has 1 nitrogen and oxygen atoms in total. The van der Waals surface area contributed by atoms with Crippen LogP contribution in [0.25, 0.3) is 0 Å². The van der Waals surface area contributed by atoms with Gasteiger partial charge in [-0.1, -0.05) is 63.8 Å². The lowest BCUT2D eigenvalue weighted by Crippen LogP contribution is -2.34. The fraction of sp³-hybridized carbons (Fsp3) is 0.684. The third-order valence-electron chi connectivity index (χ3n) is 4.91. The van der Waals surface area contributed by atoms with Crippen LogP contribution in [0.2, 0.25) is 0 Å². The van der Waals surface area contributed by atoms with Crippen LogP contribution >= 0.6 is 0 Å². The molecule has 1 unspecified atom stereocenters. The van der Waals surface area contributed by atoms with Gasteiger partial charge in [-0.3, -0.25) is 0 Å². The Labute approximate surface area is 125 Å². The highest BCUT2D eigenvalue weighted by atomic mass is 14.9. The largest absolute Gasteiger partial charge is 0.310 e. The van der Waals surface area contributed by atoms with Crippen LogP contribution in [-0.4, -0.2) is 6.54 Å². The fourth-order valence-corrected chi connectivity index (χ4v) is 3.36. The summed E-state index contributed by atoms with van der Waals surface area (Å²) in [6.07, 6.45) is 9.47. The second-order valence-electron chi connectivity index (χ2n) is 6.97. The molecule has 0 bridgehead atoms. The van der Waals surface area contributed by atoms with E-state index in [-0.39, 0.29) is 0 Å². The van der Waals surface area contributed by atoms with E-state index in [0.717, 1.165) is 6.54 Å². The summed E-state index contributed by atoms with van der Waals surface area (Å²) in [6.45, 7) is 8.14. The number of nitrogens with one attached hydrogen (secondary N) is 1. The number of hydrogen-bond donors (Lipinski definition) is 1. The Kier molecular flexibility index (Phi) is 5.65. The average Bonchev–Trinajstić information content (AvgIpc) is 2.47. The van der Waals surface area contributed by atoms with Crippen molar-refractivity contribution in [2.75, 3.05) is 6.54 Å². The summed E-state index contributed by atoms with van der Waals surface area (Å²) in [5.74, 6) is 0. The Morgan fingerprint density at radius 3 is 2.35 bits per heavy atom. The third kappa shape index (κ3) is 4.34. The maximum Gasteiger partial charge on any atom is 0.0292 e. The van der Waals surface area contributed by atoms with Crippen molar-refractivity contribution in [1.29, 1.82) is 0 Å². The molecular weight excluding hydrogens is 242 g/mol. The standard InChI is InChI=1S/C19H31N/c1-4-8-17-9-11-18(12-10-17)16(2)20-15-19(3)13-6-5-7-14-19/h9-12,16,20H,4-8,13-15H2,1-3H3. The van der Waals surface area contributed by atoms with E-state index in [4.69, 9.17) is 0 Å². The van der Waals surface area contributed by atoms with E-state index in [9.17, 15) is 0 Å². The van der Waals surface area contributed by atoms with Crippen molar-refractivity contribution < 1.29 is 0 Å². The van der Waals surface area contributed by atoms with E-state index in [1.807, 2.05) is 0 Å². The van der Waals surface area contributed by atoms with Crippen LogP contribution < -0.4 is 5.32 Å². The molecule has 0 saturated heterocycles. The van der Waals surface area contributed by atoms with Crippen LogP contribution in [0.1, 0.15) is 76.5 Å². The van der Waals surface area contributed by atoms with Gasteiger partial charge in [-0.05, 0) is 42.7 Å². The Morgan fingerprint density at radius 1 is 1.10 bits per heavy atom. The van der Waals surface area contributed by atoms with Crippen molar-refractivity contribution in [1.82, 2.24) is 5.32 Å². The minimum absolute atomic E-state index is 0.462. The zero-order valence-electron chi connectivity index (χ0n) is 13.5. The normalized spacial score (nSPS) is 19.8. The molecule has 0 amide bonds. The van der Waals surface area contributed by atoms with E-state index >= 15 is 0 Å². The first-order chi connectivity index (χ1) is 9.63. The van der Waals surface area contributed by atoms with Crippen LogP contribution in [0.3, 0.4) is 0 Å². The highest BCUT2D eigenvalue weighted by Crippen LogP contribution is 2.35. The van der Waals surface area contributed by atoms with Crippen LogP contribution in [0, 0.1) is 5.41 Å². The summed E-state index contributed by atoms with van der Waals surface area (Å²) in [7, 11) is 0. The second kappa shape index (κ2) is 7.26. The van der Waals surface area contributed by atoms with E-state index in [1.54, 1.807) is 0 Å². The topological polar surface area (TPSA) is 12.0 Å². The van der Waals surface area contributed by atoms with Gasteiger partial charge in [-0.15, -0.1) is 0 Å². The number of aryl methyl sites for hydroxylation is 1. The van der Waals surface area contributed by atoms with Gasteiger partial charge in [0.25, 0.3) is 0 Å². The van der Waals surface area contributed by atoms with Gasteiger partial charge in [-0.25, -0.2) is 0 Å². The molecule has 1 fully saturated rings. The number of hydrogen-bond acceptors (Lipinski definition) is 1. The van der Waals surface area contributed by atoms with Crippen LogP contribution in [0.15, 0.2) is 24.3 Å². The molecule has 1 aliphatic carbocycles. The van der Waals surface area contributed by atoms with Gasteiger partial charge in [0, 0.05) is 12.6 Å². The van der Waals surface area contributed by atoms with E-state index in [2.05, 4.69) is 50.4 Å². The monoisotopic (exact) mass is 273 g/mol. The Morgan fingerprint density at radius 2 is 1.75 bits per heavy atom. The lowest BCUT2D eigenvalue weighted by Gasteiger charge is -2.35. The van der Waals surface area contributed by atoms with Gasteiger partial charge in [0.15, 0.2) is 0 Å². The van der Waals surface area contributed by atoms with E-state index < -0.39 is 0 Å². The molecule has 0 spiro atoms. The summed E-state index contributed by atoms with van der Waals surface area (Å²) in [4.78, 5) is 0. The van der Waals surface area contributed by atoms with Gasteiger partial charge < -0.3 is 5.32 Å². The zero-order chi connectivity index (χ0) is 14.4. The molecule has 2 rings (SSSR count). The minimum atomic E-state index is 0.462. The molecule has 0 aromatic heterocycles. The predicted octanol–water partition coefficient (Wildman–Crippen LogP) is 5.26. The lowest BCUT2D eigenvalue weighted by molar-refractivity contribution is 0.202. The molecule has 0 heterocycles. The van der Waals surface area contributed by atoms with Gasteiger partial charge in [0.1, 0.15) is 0 Å². The molecule has 1 N–H and O–H groups in total. The quantitative estimate of drug-likeness (QED) is 0.745. The van der Waals surface area contributed by atoms with Crippen molar-refractivity contribution in [3.8, 4) is 0 Å². The first-order valence-corrected chi connectivity index (χ1v) is 8.45. The fourth-order valence-electron chi connectivity index (χ4n) is 3.36. The highest BCUT2D eigenvalue weighted by molar-refractivity contribution is 5.24. The molecular formula is C19H31N. The Bertz CT molecular complexity index is 387. The minimum Gasteiger partial charge on any atom is -0.310 e. The first kappa shape index (κ1) is 15.6.